The third-order valence-corrected chi connectivity index (χ3v) is 3.07. The van der Waals surface area contributed by atoms with Gasteiger partial charge in [-0.25, -0.2) is 0 Å². The highest BCUT2D eigenvalue weighted by Gasteiger charge is 2.05. The van der Waals surface area contributed by atoms with Gasteiger partial charge in [-0.2, -0.15) is 0 Å². The van der Waals surface area contributed by atoms with Crippen molar-refractivity contribution >= 4 is 15.9 Å². The first-order valence-electron chi connectivity index (χ1n) is 6.02. The topological polar surface area (TPSA) is 54.6 Å². The molecule has 2 rings (SSSR count). The lowest BCUT2D eigenvalue weighted by Crippen LogP contribution is -2.31. The normalized spacial score (nSPS) is 12.3. The molecule has 5 heteroatoms. The molecule has 0 aliphatic carbocycles. The molecule has 1 heterocycles. The van der Waals surface area contributed by atoms with E-state index in [1.807, 2.05) is 30.3 Å². The van der Waals surface area contributed by atoms with Crippen LogP contribution in [0.5, 0.6) is 5.75 Å². The molecular formula is C14H16BrNO3. The summed E-state index contributed by atoms with van der Waals surface area (Å²) in [5.41, 5.74) is 1.06. The van der Waals surface area contributed by atoms with Crippen molar-refractivity contribution in [1.29, 1.82) is 0 Å². The van der Waals surface area contributed by atoms with Crippen LogP contribution in [0.2, 0.25) is 0 Å². The van der Waals surface area contributed by atoms with Crippen LogP contribution in [-0.4, -0.2) is 24.4 Å². The summed E-state index contributed by atoms with van der Waals surface area (Å²) in [5.74, 6) is 0.747. The Hall–Kier alpha value is -1.30. The number of hydrogen-bond acceptors (Lipinski definition) is 4. The SMILES string of the molecule is OC(CNCc1ccoc1)COc1ccc(Br)cc1. The molecule has 1 atom stereocenters. The van der Waals surface area contributed by atoms with Gasteiger partial charge in [0.2, 0.25) is 0 Å². The van der Waals surface area contributed by atoms with Gasteiger partial charge in [-0.15, -0.1) is 0 Å². The zero-order chi connectivity index (χ0) is 13.5. The molecule has 0 radical (unpaired) electrons. The summed E-state index contributed by atoms with van der Waals surface area (Å²) in [4.78, 5) is 0. The number of furan rings is 1. The van der Waals surface area contributed by atoms with E-state index in [1.165, 1.54) is 0 Å². The van der Waals surface area contributed by atoms with E-state index >= 15 is 0 Å². The van der Waals surface area contributed by atoms with E-state index in [2.05, 4.69) is 21.2 Å². The molecule has 1 unspecified atom stereocenters. The molecule has 0 aliphatic rings. The third-order valence-electron chi connectivity index (χ3n) is 2.55. The van der Waals surface area contributed by atoms with Crippen LogP contribution in [0.25, 0.3) is 0 Å². The number of halogens is 1. The molecule has 0 bridgehead atoms. The van der Waals surface area contributed by atoms with Crippen LogP contribution in [0.15, 0.2) is 51.7 Å². The van der Waals surface area contributed by atoms with Gasteiger partial charge in [-0.3, -0.25) is 0 Å². The second-order valence-corrected chi connectivity index (χ2v) is 5.10. The lowest BCUT2D eigenvalue weighted by molar-refractivity contribution is 0.106. The largest absolute Gasteiger partial charge is 0.491 e. The van der Waals surface area contributed by atoms with Crippen molar-refractivity contribution in [3.05, 3.63) is 52.9 Å². The van der Waals surface area contributed by atoms with E-state index in [-0.39, 0.29) is 6.61 Å². The average Bonchev–Trinajstić information content (AvgIpc) is 2.91. The quantitative estimate of drug-likeness (QED) is 0.821. The molecule has 2 aromatic rings. The van der Waals surface area contributed by atoms with Gasteiger partial charge in [0.1, 0.15) is 18.5 Å². The lowest BCUT2D eigenvalue weighted by Gasteiger charge is -2.13. The van der Waals surface area contributed by atoms with Crippen molar-refractivity contribution in [3.63, 3.8) is 0 Å². The summed E-state index contributed by atoms with van der Waals surface area (Å²) in [7, 11) is 0. The molecular weight excluding hydrogens is 310 g/mol. The molecule has 0 saturated heterocycles. The summed E-state index contributed by atoms with van der Waals surface area (Å²) in [5, 5.41) is 12.9. The Morgan fingerprint density at radius 1 is 1.26 bits per heavy atom. The van der Waals surface area contributed by atoms with Gasteiger partial charge in [0.25, 0.3) is 0 Å². The maximum Gasteiger partial charge on any atom is 0.119 e. The van der Waals surface area contributed by atoms with Crippen LogP contribution < -0.4 is 10.1 Å². The van der Waals surface area contributed by atoms with Crippen LogP contribution in [0.3, 0.4) is 0 Å². The zero-order valence-electron chi connectivity index (χ0n) is 10.4. The van der Waals surface area contributed by atoms with Gasteiger partial charge < -0.3 is 19.6 Å². The highest BCUT2D eigenvalue weighted by Crippen LogP contribution is 2.16. The van der Waals surface area contributed by atoms with E-state index in [4.69, 9.17) is 9.15 Å². The standard InChI is InChI=1S/C14H16BrNO3/c15-12-1-3-14(4-2-12)19-10-13(17)8-16-7-11-5-6-18-9-11/h1-6,9,13,16-17H,7-8,10H2. The predicted molar refractivity (Wildman–Crippen MR) is 76.1 cm³/mol. The van der Waals surface area contributed by atoms with Crippen LogP contribution >= 0.6 is 15.9 Å². The number of nitrogens with one attached hydrogen (secondary N) is 1. The van der Waals surface area contributed by atoms with Crippen molar-refractivity contribution in [2.75, 3.05) is 13.2 Å². The van der Waals surface area contributed by atoms with Crippen LogP contribution in [0.1, 0.15) is 5.56 Å². The van der Waals surface area contributed by atoms with Crippen LogP contribution in [-0.2, 0) is 6.54 Å². The van der Waals surface area contributed by atoms with Gasteiger partial charge in [0.05, 0.1) is 12.5 Å². The Balaban J connectivity index is 1.64. The smallest absolute Gasteiger partial charge is 0.119 e. The molecule has 0 saturated carbocycles. The molecule has 0 aliphatic heterocycles. The number of aliphatic hydroxyl groups excluding tert-OH is 1. The van der Waals surface area contributed by atoms with Crippen molar-refractivity contribution in [2.24, 2.45) is 0 Å². The first kappa shape index (κ1) is 14.1. The first-order valence-corrected chi connectivity index (χ1v) is 6.81. The highest BCUT2D eigenvalue weighted by molar-refractivity contribution is 9.10. The molecule has 1 aromatic carbocycles. The molecule has 0 spiro atoms. The fourth-order valence-corrected chi connectivity index (χ4v) is 1.82. The van der Waals surface area contributed by atoms with Crippen molar-refractivity contribution in [3.8, 4) is 5.75 Å². The fourth-order valence-electron chi connectivity index (χ4n) is 1.56. The maximum atomic E-state index is 9.77. The summed E-state index contributed by atoms with van der Waals surface area (Å²) < 4.78 is 11.4. The molecule has 19 heavy (non-hydrogen) atoms. The number of rotatable bonds is 7. The van der Waals surface area contributed by atoms with E-state index in [0.717, 1.165) is 15.8 Å². The Morgan fingerprint density at radius 2 is 2.05 bits per heavy atom. The summed E-state index contributed by atoms with van der Waals surface area (Å²) in [6.45, 7) is 1.41. The molecule has 0 amide bonds. The first-order chi connectivity index (χ1) is 9.24. The summed E-state index contributed by atoms with van der Waals surface area (Å²) >= 11 is 3.36. The number of aliphatic hydroxyl groups is 1. The van der Waals surface area contributed by atoms with Crippen LogP contribution in [0, 0.1) is 0 Å². The zero-order valence-corrected chi connectivity index (χ0v) is 12.0. The second kappa shape index (κ2) is 7.33. The Labute approximate surface area is 120 Å². The van der Waals surface area contributed by atoms with Gasteiger partial charge in [0.15, 0.2) is 0 Å². The van der Waals surface area contributed by atoms with E-state index in [9.17, 15) is 5.11 Å². The Kier molecular flexibility index (Phi) is 5.44. The summed E-state index contributed by atoms with van der Waals surface area (Å²) in [6, 6.07) is 9.40. The number of hydrogen-bond donors (Lipinski definition) is 2. The Bertz CT molecular complexity index is 470. The van der Waals surface area contributed by atoms with E-state index in [0.29, 0.717) is 13.1 Å². The molecule has 1 aromatic heterocycles. The van der Waals surface area contributed by atoms with Crippen molar-refractivity contribution in [1.82, 2.24) is 5.32 Å². The monoisotopic (exact) mass is 325 g/mol. The third kappa shape index (κ3) is 5.06. The average molecular weight is 326 g/mol. The van der Waals surface area contributed by atoms with Crippen LogP contribution in [0.4, 0.5) is 0 Å². The summed E-state index contributed by atoms with van der Waals surface area (Å²) in [6.07, 6.45) is 2.76. The fraction of sp³-hybridized carbons (Fsp3) is 0.286. The molecule has 102 valence electrons. The highest BCUT2D eigenvalue weighted by atomic mass is 79.9. The molecule has 0 fully saturated rings. The van der Waals surface area contributed by atoms with Gasteiger partial charge in [-0.1, -0.05) is 15.9 Å². The van der Waals surface area contributed by atoms with Gasteiger partial charge in [0, 0.05) is 23.1 Å². The van der Waals surface area contributed by atoms with Gasteiger partial charge in [-0.05, 0) is 30.3 Å². The predicted octanol–water partition coefficient (Wildman–Crippen LogP) is 2.57. The second-order valence-electron chi connectivity index (χ2n) is 4.18. The number of ether oxygens (including phenoxy) is 1. The van der Waals surface area contributed by atoms with E-state index < -0.39 is 6.10 Å². The lowest BCUT2D eigenvalue weighted by atomic mass is 10.3. The number of benzene rings is 1. The Morgan fingerprint density at radius 3 is 2.74 bits per heavy atom. The minimum Gasteiger partial charge on any atom is -0.491 e. The molecule has 2 N–H and O–H groups in total. The maximum absolute atomic E-state index is 9.77. The molecule has 4 nitrogen and oxygen atoms in total. The van der Waals surface area contributed by atoms with Gasteiger partial charge >= 0.3 is 0 Å². The minimum absolute atomic E-state index is 0.264. The van der Waals surface area contributed by atoms with Crippen molar-refractivity contribution < 1.29 is 14.3 Å². The van der Waals surface area contributed by atoms with Crippen molar-refractivity contribution in [2.45, 2.75) is 12.6 Å². The minimum atomic E-state index is -0.546. The van der Waals surface area contributed by atoms with E-state index in [1.54, 1.807) is 12.5 Å².